The number of hydrogen-bond acceptors (Lipinski definition) is 3. The van der Waals surface area contributed by atoms with Gasteiger partial charge in [-0.05, 0) is 52.9 Å². The quantitative estimate of drug-likeness (QED) is 0.333. The van der Waals surface area contributed by atoms with Crippen LogP contribution in [-0.4, -0.2) is 42.4 Å². The third-order valence-electron chi connectivity index (χ3n) is 4.51. The normalized spacial score (nSPS) is 17.7. The molecule has 1 heterocycles. The van der Waals surface area contributed by atoms with Crippen molar-refractivity contribution in [1.29, 1.82) is 0 Å². The molecule has 25 heavy (non-hydrogen) atoms. The first kappa shape index (κ1) is 22.0. The Labute approximate surface area is 154 Å². The van der Waals surface area contributed by atoms with Crippen molar-refractivity contribution in [2.75, 3.05) is 19.8 Å². The minimum absolute atomic E-state index is 0.180. The van der Waals surface area contributed by atoms with Gasteiger partial charge in [-0.3, -0.25) is 0 Å². The lowest BCUT2D eigenvalue weighted by Crippen LogP contribution is -2.41. The molecule has 1 aliphatic rings. The zero-order chi connectivity index (χ0) is 18.5. The molecule has 0 radical (unpaired) electrons. The fourth-order valence-electron chi connectivity index (χ4n) is 3.17. The topological polar surface area (TPSA) is 38.8 Å². The Morgan fingerprint density at radius 1 is 1.12 bits per heavy atom. The molecule has 1 aliphatic heterocycles. The number of carbonyl (C=O) groups excluding carboxylic acids is 1. The Kier molecular flexibility index (Phi) is 10.9. The summed E-state index contributed by atoms with van der Waals surface area (Å²) in [6.45, 7) is 11.7. The number of ether oxygens (including phenoxy) is 2. The summed E-state index contributed by atoms with van der Waals surface area (Å²) in [5, 5.41) is 0. The highest BCUT2D eigenvalue weighted by molar-refractivity contribution is 5.68. The summed E-state index contributed by atoms with van der Waals surface area (Å²) in [7, 11) is 0. The Bertz CT molecular complexity index is 376. The van der Waals surface area contributed by atoms with Gasteiger partial charge in [-0.15, -0.1) is 6.58 Å². The first-order valence-electron chi connectivity index (χ1n) is 10.1. The minimum Gasteiger partial charge on any atom is -0.444 e. The van der Waals surface area contributed by atoms with Gasteiger partial charge in [0.05, 0.1) is 12.6 Å². The van der Waals surface area contributed by atoms with Crippen LogP contribution in [0, 0.1) is 0 Å². The number of amides is 1. The van der Waals surface area contributed by atoms with E-state index in [1.807, 2.05) is 31.7 Å². The molecular formula is C21H39NO3. The summed E-state index contributed by atoms with van der Waals surface area (Å²) in [4.78, 5) is 14.1. The van der Waals surface area contributed by atoms with Gasteiger partial charge >= 0.3 is 6.09 Å². The molecule has 4 nitrogen and oxygen atoms in total. The van der Waals surface area contributed by atoms with E-state index in [0.717, 1.165) is 38.8 Å². The van der Waals surface area contributed by atoms with Crippen molar-refractivity contribution < 1.29 is 14.3 Å². The molecule has 0 aromatic carbocycles. The highest BCUT2D eigenvalue weighted by atomic mass is 16.6. The summed E-state index contributed by atoms with van der Waals surface area (Å²) in [6, 6.07) is 0.180. The predicted octanol–water partition coefficient (Wildman–Crippen LogP) is 5.71. The lowest BCUT2D eigenvalue weighted by atomic mass is 10.1. The Balaban J connectivity index is 2.03. The summed E-state index contributed by atoms with van der Waals surface area (Å²) in [5.41, 5.74) is -0.434. The number of rotatable bonds is 12. The molecular weight excluding hydrogens is 314 g/mol. The lowest BCUT2D eigenvalue weighted by Gasteiger charge is -2.28. The average Bonchev–Trinajstić information content (AvgIpc) is 2.99. The summed E-state index contributed by atoms with van der Waals surface area (Å²) in [5.74, 6) is 0. The van der Waals surface area contributed by atoms with E-state index in [-0.39, 0.29) is 12.1 Å². The molecule has 0 unspecified atom stereocenters. The van der Waals surface area contributed by atoms with Crippen LogP contribution < -0.4 is 0 Å². The van der Waals surface area contributed by atoms with Gasteiger partial charge in [-0.1, -0.05) is 38.2 Å². The maximum Gasteiger partial charge on any atom is 0.410 e. The van der Waals surface area contributed by atoms with Gasteiger partial charge in [0.25, 0.3) is 0 Å². The van der Waals surface area contributed by atoms with Gasteiger partial charge in [0.2, 0.25) is 0 Å². The van der Waals surface area contributed by atoms with E-state index >= 15 is 0 Å². The molecule has 1 saturated heterocycles. The Hall–Kier alpha value is -1.03. The van der Waals surface area contributed by atoms with Crippen LogP contribution in [0.2, 0.25) is 0 Å². The van der Waals surface area contributed by atoms with Gasteiger partial charge in [0, 0.05) is 13.2 Å². The highest BCUT2D eigenvalue weighted by Gasteiger charge is 2.32. The molecule has 4 heteroatoms. The van der Waals surface area contributed by atoms with Crippen LogP contribution in [0.4, 0.5) is 4.79 Å². The molecule has 0 bridgehead atoms. The van der Waals surface area contributed by atoms with Crippen LogP contribution >= 0.6 is 0 Å². The van der Waals surface area contributed by atoms with E-state index in [2.05, 4.69) is 6.58 Å². The third-order valence-corrected chi connectivity index (χ3v) is 4.51. The third kappa shape index (κ3) is 10.5. The average molecular weight is 354 g/mol. The van der Waals surface area contributed by atoms with Crippen LogP contribution in [0.1, 0.15) is 85.0 Å². The molecule has 1 atom stereocenters. The standard InChI is InChI=1S/C21H39NO3/c1-5-6-7-8-9-10-11-12-13-17-24-18-19-15-14-16-22(19)20(23)25-21(2,3)4/h5,19H,1,6-18H2,2-4H3/t19-/m0/s1. The number of unbranched alkanes of at least 4 members (excludes halogenated alkanes) is 7. The number of carbonyl (C=O) groups is 1. The van der Waals surface area contributed by atoms with E-state index in [4.69, 9.17) is 9.47 Å². The van der Waals surface area contributed by atoms with Crippen LogP contribution in [-0.2, 0) is 9.47 Å². The SMILES string of the molecule is C=CCCCCCCCCCOC[C@@H]1CCCN1C(=O)OC(C)(C)C. The first-order valence-corrected chi connectivity index (χ1v) is 10.1. The van der Waals surface area contributed by atoms with E-state index in [1.165, 1.54) is 38.5 Å². The van der Waals surface area contributed by atoms with E-state index in [9.17, 15) is 4.79 Å². The van der Waals surface area contributed by atoms with Gasteiger partial charge in [0.1, 0.15) is 5.60 Å². The molecule has 0 aromatic heterocycles. The molecule has 1 fully saturated rings. The van der Waals surface area contributed by atoms with E-state index in [0.29, 0.717) is 6.61 Å². The number of likely N-dealkylation sites (tertiary alicyclic amines) is 1. The molecule has 1 amide bonds. The van der Waals surface area contributed by atoms with Gasteiger partial charge in [0.15, 0.2) is 0 Å². The maximum absolute atomic E-state index is 12.2. The fourth-order valence-corrected chi connectivity index (χ4v) is 3.17. The molecule has 0 aromatic rings. The van der Waals surface area contributed by atoms with Crippen LogP contribution in [0.15, 0.2) is 12.7 Å². The molecule has 0 spiro atoms. The Morgan fingerprint density at radius 3 is 2.40 bits per heavy atom. The second-order valence-corrected chi connectivity index (χ2v) is 8.10. The zero-order valence-corrected chi connectivity index (χ0v) is 16.7. The molecule has 146 valence electrons. The van der Waals surface area contributed by atoms with E-state index in [1.54, 1.807) is 0 Å². The van der Waals surface area contributed by atoms with Crippen LogP contribution in [0.25, 0.3) is 0 Å². The van der Waals surface area contributed by atoms with Gasteiger partial charge in [-0.25, -0.2) is 4.79 Å². The van der Waals surface area contributed by atoms with Crippen molar-refractivity contribution in [3.63, 3.8) is 0 Å². The molecule has 0 N–H and O–H groups in total. The van der Waals surface area contributed by atoms with Crippen molar-refractivity contribution in [2.45, 2.75) is 96.6 Å². The summed E-state index contributed by atoms with van der Waals surface area (Å²) in [6.07, 6.45) is 13.9. The predicted molar refractivity (Wildman–Crippen MR) is 104 cm³/mol. The van der Waals surface area contributed by atoms with Crippen molar-refractivity contribution in [3.8, 4) is 0 Å². The lowest BCUT2D eigenvalue weighted by molar-refractivity contribution is 0.0103. The highest BCUT2D eigenvalue weighted by Crippen LogP contribution is 2.21. The van der Waals surface area contributed by atoms with Crippen LogP contribution in [0.5, 0.6) is 0 Å². The smallest absolute Gasteiger partial charge is 0.410 e. The molecule has 0 saturated carbocycles. The number of allylic oxidation sites excluding steroid dienone is 1. The molecule has 0 aliphatic carbocycles. The van der Waals surface area contributed by atoms with Gasteiger partial charge < -0.3 is 14.4 Å². The summed E-state index contributed by atoms with van der Waals surface area (Å²) >= 11 is 0. The number of nitrogens with zero attached hydrogens (tertiary/aromatic N) is 1. The maximum atomic E-state index is 12.2. The van der Waals surface area contributed by atoms with Crippen molar-refractivity contribution in [3.05, 3.63) is 12.7 Å². The fraction of sp³-hybridized carbons (Fsp3) is 0.857. The number of hydrogen-bond donors (Lipinski definition) is 0. The monoisotopic (exact) mass is 353 g/mol. The summed E-state index contributed by atoms with van der Waals surface area (Å²) < 4.78 is 11.3. The largest absolute Gasteiger partial charge is 0.444 e. The first-order chi connectivity index (χ1) is 11.9. The van der Waals surface area contributed by atoms with Crippen molar-refractivity contribution in [2.24, 2.45) is 0 Å². The molecule has 1 rings (SSSR count). The second-order valence-electron chi connectivity index (χ2n) is 8.10. The van der Waals surface area contributed by atoms with E-state index < -0.39 is 5.60 Å². The van der Waals surface area contributed by atoms with Crippen molar-refractivity contribution >= 4 is 6.09 Å². The minimum atomic E-state index is -0.434. The Morgan fingerprint density at radius 2 is 1.76 bits per heavy atom. The van der Waals surface area contributed by atoms with Gasteiger partial charge in [-0.2, -0.15) is 0 Å². The zero-order valence-electron chi connectivity index (χ0n) is 16.7. The second kappa shape index (κ2) is 12.3. The van der Waals surface area contributed by atoms with Crippen molar-refractivity contribution in [1.82, 2.24) is 4.90 Å². The van der Waals surface area contributed by atoms with Crippen LogP contribution in [0.3, 0.4) is 0 Å².